The summed E-state index contributed by atoms with van der Waals surface area (Å²) in [6, 6.07) is 20.8. The molecule has 6 nitrogen and oxygen atoms in total. The molecule has 0 aromatic heterocycles. The quantitative estimate of drug-likeness (QED) is 0.526. The van der Waals surface area contributed by atoms with E-state index >= 15 is 0 Å². The van der Waals surface area contributed by atoms with Crippen LogP contribution in [-0.2, 0) is 16.6 Å². The highest BCUT2D eigenvalue weighted by Gasteiger charge is 2.28. The number of amides is 1. The maximum atomic E-state index is 12.8. The van der Waals surface area contributed by atoms with Crippen LogP contribution < -0.4 is 5.32 Å². The Balaban J connectivity index is 1.31. The second-order valence-corrected chi connectivity index (χ2v) is 10.5. The van der Waals surface area contributed by atoms with Gasteiger partial charge < -0.3 is 5.32 Å². The van der Waals surface area contributed by atoms with E-state index in [4.69, 9.17) is 23.2 Å². The zero-order valence-corrected chi connectivity index (χ0v) is 20.1. The molecular weight excluding hydrogens is 481 g/mol. The van der Waals surface area contributed by atoms with Crippen LogP contribution in [0.3, 0.4) is 0 Å². The van der Waals surface area contributed by atoms with Crippen LogP contribution in [0.5, 0.6) is 0 Å². The van der Waals surface area contributed by atoms with Crippen LogP contribution in [0, 0.1) is 0 Å². The second kappa shape index (κ2) is 10.2. The number of sulfonamides is 1. The van der Waals surface area contributed by atoms with Crippen molar-refractivity contribution in [1.82, 2.24) is 9.21 Å². The number of hydrogen-bond acceptors (Lipinski definition) is 4. The van der Waals surface area contributed by atoms with Crippen molar-refractivity contribution in [3.05, 3.63) is 94.0 Å². The number of rotatable bonds is 6. The summed E-state index contributed by atoms with van der Waals surface area (Å²) in [4.78, 5) is 15.0. The molecule has 4 rings (SSSR count). The zero-order valence-electron chi connectivity index (χ0n) is 17.7. The Morgan fingerprint density at radius 2 is 1.52 bits per heavy atom. The van der Waals surface area contributed by atoms with Gasteiger partial charge in [-0.1, -0.05) is 53.5 Å². The molecule has 0 saturated carbocycles. The van der Waals surface area contributed by atoms with Gasteiger partial charge in [-0.05, 0) is 48.0 Å². The molecule has 1 heterocycles. The van der Waals surface area contributed by atoms with E-state index in [1.807, 2.05) is 12.1 Å². The van der Waals surface area contributed by atoms with Crippen LogP contribution in [-0.4, -0.2) is 49.7 Å². The number of benzene rings is 3. The second-order valence-electron chi connectivity index (χ2n) is 7.77. The summed E-state index contributed by atoms with van der Waals surface area (Å²) in [6.45, 7) is 2.87. The van der Waals surface area contributed by atoms with Gasteiger partial charge in [0.1, 0.15) is 0 Å². The Hall–Kier alpha value is -2.42. The predicted octanol–water partition coefficient (Wildman–Crippen LogP) is 4.75. The van der Waals surface area contributed by atoms with Crippen LogP contribution in [0.2, 0.25) is 10.0 Å². The number of piperazine rings is 1. The highest BCUT2D eigenvalue weighted by Crippen LogP contribution is 2.25. The number of nitrogens with zero attached hydrogens (tertiary/aromatic N) is 2. The Morgan fingerprint density at radius 1 is 0.848 bits per heavy atom. The smallest absolute Gasteiger partial charge is 0.255 e. The molecule has 1 amide bonds. The van der Waals surface area contributed by atoms with Crippen molar-refractivity contribution in [1.29, 1.82) is 0 Å². The highest BCUT2D eigenvalue weighted by atomic mass is 35.5. The number of halogens is 2. The van der Waals surface area contributed by atoms with Crippen LogP contribution >= 0.6 is 23.2 Å². The first-order valence-corrected chi connectivity index (χ1v) is 12.7. The molecule has 3 aromatic rings. The first kappa shape index (κ1) is 23.7. The van der Waals surface area contributed by atoms with Crippen molar-refractivity contribution in [3.63, 3.8) is 0 Å². The summed E-state index contributed by atoms with van der Waals surface area (Å²) in [5.74, 6) is -0.236. The average molecular weight is 504 g/mol. The summed E-state index contributed by atoms with van der Waals surface area (Å²) >= 11 is 11.9. The molecule has 0 atom stereocenters. The van der Waals surface area contributed by atoms with Gasteiger partial charge in [-0.3, -0.25) is 9.69 Å². The molecule has 3 aromatic carbocycles. The van der Waals surface area contributed by atoms with Crippen LogP contribution in [0.15, 0.2) is 77.7 Å². The minimum Gasteiger partial charge on any atom is -0.322 e. The third kappa shape index (κ3) is 5.75. The molecule has 33 heavy (non-hydrogen) atoms. The van der Waals surface area contributed by atoms with Gasteiger partial charge in [0.25, 0.3) is 5.91 Å². The summed E-state index contributed by atoms with van der Waals surface area (Å²) in [6.07, 6.45) is 0. The lowest BCUT2D eigenvalue weighted by Crippen LogP contribution is -2.48. The van der Waals surface area contributed by atoms with Crippen molar-refractivity contribution in [2.75, 3.05) is 31.5 Å². The zero-order chi connectivity index (χ0) is 23.4. The van der Waals surface area contributed by atoms with Gasteiger partial charge in [-0.15, -0.1) is 0 Å². The van der Waals surface area contributed by atoms with Gasteiger partial charge in [0, 0.05) is 44.0 Å². The van der Waals surface area contributed by atoms with Crippen LogP contribution in [0.25, 0.3) is 0 Å². The standard InChI is InChI=1S/C24H23Cl2N3O3S/c25-22-11-10-20(16-23(22)26)27-24(30)19-8-6-18(7-9-19)17-28-12-14-29(15-13-28)33(31,32)21-4-2-1-3-5-21/h1-11,16H,12-15,17H2,(H,27,30). The Kier molecular flexibility index (Phi) is 7.36. The molecule has 0 spiro atoms. The van der Waals surface area contributed by atoms with E-state index in [2.05, 4.69) is 10.2 Å². The fourth-order valence-corrected chi connectivity index (χ4v) is 5.41. The van der Waals surface area contributed by atoms with Crippen molar-refractivity contribution in [2.24, 2.45) is 0 Å². The van der Waals surface area contributed by atoms with Gasteiger partial charge in [0.05, 0.1) is 14.9 Å². The molecule has 0 unspecified atom stereocenters. The largest absolute Gasteiger partial charge is 0.322 e. The lowest BCUT2D eigenvalue weighted by Gasteiger charge is -2.34. The molecule has 0 bridgehead atoms. The normalized spacial score (nSPS) is 15.3. The molecule has 1 fully saturated rings. The van der Waals surface area contributed by atoms with E-state index < -0.39 is 10.0 Å². The number of carbonyl (C=O) groups is 1. The van der Waals surface area contributed by atoms with E-state index in [-0.39, 0.29) is 5.91 Å². The molecule has 0 radical (unpaired) electrons. The molecule has 1 saturated heterocycles. The molecule has 1 aliphatic heterocycles. The van der Waals surface area contributed by atoms with Gasteiger partial charge in [0.15, 0.2) is 0 Å². The van der Waals surface area contributed by atoms with Crippen LogP contribution in [0.4, 0.5) is 5.69 Å². The number of hydrogen-bond donors (Lipinski definition) is 1. The van der Waals surface area contributed by atoms with E-state index in [1.165, 1.54) is 4.31 Å². The minimum absolute atomic E-state index is 0.236. The van der Waals surface area contributed by atoms with Gasteiger partial charge in [-0.2, -0.15) is 4.31 Å². The van der Waals surface area contributed by atoms with Gasteiger partial charge in [0.2, 0.25) is 10.0 Å². The monoisotopic (exact) mass is 503 g/mol. The first-order chi connectivity index (χ1) is 15.8. The predicted molar refractivity (Wildman–Crippen MR) is 131 cm³/mol. The lowest BCUT2D eigenvalue weighted by atomic mass is 10.1. The Bertz CT molecular complexity index is 1230. The molecule has 1 N–H and O–H groups in total. The minimum atomic E-state index is -3.46. The SMILES string of the molecule is O=C(Nc1ccc(Cl)c(Cl)c1)c1ccc(CN2CCN(S(=O)(=O)c3ccccc3)CC2)cc1. The molecule has 0 aliphatic carbocycles. The Labute approximate surface area is 203 Å². The number of carbonyl (C=O) groups excluding carboxylic acids is 1. The number of anilines is 1. The number of nitrogens with one attached hydrogen (secondary N) is 1. The van der Waals surface area contributed by atoms with Crippen molar-refractivity contribution in [3.8, 4) is 0 Å². The Morgan fingerprint density at radius 3 is 2.15 bits per heavy atom. The van der Waals surface area contributed by atoms with Crippen molar-refractivity contribution in [2.45, 2.75) is 11.4 Å². The fourth-order valence-electron chi connectivity index (χ4n) is 3.67. The van der Waals surface area contributed by atoms with Gasteiger partial charge >= 0.3 is 0 Å². The first-order valence-electron chi connectivity index (χ1n) is 10.5. The molecule has 9 heteroatoms. The molecule has 1 aliphatic rings. The van der Waals surface area contributed by atoms with E-state index in [9.17, 15) is 13.2 Å². The van der Waals surface area contributed by atoms with E-state index in [0.29, 0.717) is 58.9 Å². The maximum Gasteiger partial charge on any atom is 0.255 e. The molecule has 172 valence electrons. The lowest BCUT2D eigenvalue weighted by molar-refractivity contribution is 0.102. The third-order valence-electron chi connectivity index (χ3n) is 5.51. The topological polar surface area (TPSA) is 69.7 Å². The fraction of sp³-hybridized carbons (Fsp3) is 0.208. The summed E-state index contributed by atoms with van der Waals surface area (Å²) in [5, 5.41) is 3.61. The van der Waals surface area contributed by atoms with Gasteiger partial charge in [-0.25, -0.2) is 8.42 Å². The van der Waals surface area contributed by atoms with E-state index in [1.54, 1.807) is 60.7 Å². The summed E-state index contributed by atoms with van der Waals surface area (Å²) < 4.78 is 27.1. The summed E-state index contributed by atoms with van der Waals surface area (Å²) in [5.41, 5.74) is 2.16. The van der Waals surface area contributed by atoms with E-state index in [0.717, 1.165) is 5.56 Å². The average Bonchev–Trinajstić information content (AvgIpc) is 2.83. The molecular formula is C24H23Cl2N3O3S. The van der Waals surface area contributed by atoms with Crippen molar-refractivity contribution >= 4 is 44.8 Å². The maximum absolute atomic E-state index is 12.8. The highest BCUT2D eigenvalue weighted by molar-refractivity contribution is 7.89. The van der Waals surface area contributed by atoms with Crippen LogP contribution in [0.1, 0.15) is 15.9 Å². The summed E-state index contributed by atoms with van der Waals surface area (Å²) in [7, 11) is -3.46. The third-order valence-corrected chi connectivity index (χ3v) is 8.16. The van der Waals surface area contributed by atoms with Crippen molar-refractivity contribution < 1.29 is 13.2 Å².